The number of hydrogen-bond donors (Lipinski definition) is 1. The molecule has 6 nitrogen and oxygen atoms in total. The maximum Gasteiger partial charge on any atom is 0.425 e. The third-order valence-corrected chi connectivity index (χ3v) is 2.38. The lowest BCUT2D eigenvalue weighted by molar-refractivity contribution is -0.145. The fraction of sp³-hybridized carbons (Fsp3) is 0.333. The highest BCUT2D eigenvalue weighted by atomic mass is 16.6. The second-order valence-corrected chi connectivity index (χ2v) is 3.65. The number of carbonyl (C=O) groups excluding carboxylic acids is 2. The molecule has 6 heteroatoms. The summed E-state index contributed by atoms with van der Waals surface area (Å²) in [6.45, 7) is 1.55. The Kier molecular flexibility index (Phi) is 5.13. The lowest BCUT2D eigenvalue weighted by atomic mass is 10.2. The third kappa shape index (κ3) is 3.74. The highest BCUT2D eigenvalue weighted by molar-refractivity contribution is 5.80. The lowest BCUT2D eigenvalue weighted by Gasteiger charge is -2.21. The number of amides is 1. The largest absolute Gasteiger partial charge is 0.467 e. The van der Waals surface area contributed by atoms with Gasteiger partial charge in [-0.15, -0.1) is 0 Å². The predicted octanol–water partition coefficient (Wildman–Crippen LogP) is 1.06. The van der Waals surface area contributed by atoms with Crippen LogP contribution in [0, 0.1) is 0 Å². The molecule has 98 valence electrons. The number of hydrogen-bond acceptors (Lipinski definition) is 5. The number of methoxy groups -OCH3 is 1. The first kappa shape index (κ1) is 14.0. The third-order valence-electron chi connectivity index (χ3n) is 2.38. The van der Waals surface area contributed by atoms with Crippen LogP contribution >= 0.6 is 0 Å². The molecule has 0 saturated heterocycles. The van der Waals surface area contributed by atoms with E-state index in [0.717, 1.165) is 5.56 Å². The topological polar surface area (TPSA) is 81.9 Å². The molecule has 0 aliphatic carbocycles. The normalized spacial score (nSPS) is 11.5. The Bertz CT molecular complexity index is 408. The van der Waals surface area contributed by atoms with E-state index in [0.29, 0.717) is 5.01 Å². The molecule has 0 spiro atoms. The van der Waals surface area contributed by atoms with E-state index in [1.54, 1.807) is 0 Å². The minimum absolute atomic E-state index is 0.0985. The van der Waals surface area contributed by atoms with Gasteiger partial charge in [-0.05, 0) is 12.5 Å². The van der Waals surface area contributed by atoms with Gasteiger partial charge in [-0.25, -0.2) is 20.4 Å². The van der Waals surface area contributed by atoms with Crippen LogP contribution in [0.5, 0.6) is 0 Å². The van der Waals surface area contributed by atoms with E-state index in [-0.39, 0.29) is 6.61 Å². The highest BCUT2D eigenvalue weighted by Gasteiger charge is 2.24. The second kappa shape index (κ2) is 6.61. The van der Waals surface area contributed by atoms with E-state index in [9.17, 15) is 9.59 Å². The number of ether oxygens (including phenoxy) is 2. The molecule has 0 bridgehead atoms. The van der Waals surface area contributed by atoms with Gasteiger partial charge in [0.1, 0.15) is 12.6 Å². The van der Waals surface area contributed by atoms with Crippen molar-refractivity contribution in [1.29, 1.82) is 0 Å². The van der Waals surface area contributed by atoms with Crippen molar-refractivity contribution in [2.24, 2.45) is 5.84 Å². The van der Waals surface area contributed by atoms with Crippen LogP contribution in [0.4, 0.5) is 4.79 Å². The van der Waals surface area contributed by atoms with Crippen LogP contribution in [0.15, 0.2) is 30.3 Å². The summed E-state index contributed by atoms with van der Waals surface area (Å²) >= 11 is 0. The molecular weight excluding hydrogens is 236 g/mol. The van der Waals surface area contributed by atoms with Crippen LogP contribution in [0.3, 0.4) is 0 Å². The van der Waals surface area contributed by atoms with Gasteiger partial charge in [-0.2, -0.15) is 0 Å². The zero-order chi connectivity index (χ0) is 13.5. The molecule has 1 rings (SSSR count). The van der Waals surface area contributed by atoms with Crippen molar-refractivity contribution >= 4 is 12.1 Å². The average Bonchev–Trinajstić information content (AvgIpc) is 2.43. The average molecular weight is 252 g/mol. The summed E-state index contributed by atoms with van der Waals surface area (Å²) in [7, 11) is 1.22. The van der Waals surface area contributed by atoms with Gasteiger partial charge in [0.15, 0.2) is 0 Å². The lowest BCUT2D eigenvalue weighted by Crippen LogP contribution is -2.48. The van der Waals surface area contributed by atoms with Gasteiger partial charge in [0.25, 0.3) is 0 Å². The smallest absolute Gasteiger partial charge is 0.425 e. The molecule has 1 aromatic carbocycles. The first-order chi connectivity index (χ1) is 8.56. The zero-order valence-corrected chi connectivity index (χ0v) is 10.3. The molecular formula is C12H16N2O4. The minimum Gasteiger partial charge on any atom is -0.467 e. The zero-order valence-electron chi connectivity index (χ0n) is 10.3. The Morgan fingerprint density at radius 1 is 1.33 bits per heavy atom. The second-order valence-electron chi connectivity index (χ2n) is 3.65. The van der Waals surface area contributed by atoms with Gasteiger partial charge in [0, 0.05) is 0 Å². The number of carbonyl (C=O) groups is 2. The Balaban J connectivity index is 2.48. The Hall–Kier alpha value is -2.08. The molecule has 1 amide bonds. The number of nitrogens with zero attached hydrogens (tertiary/aromatic N) is 1. The van der Waals surface area contributed by atoms with Crippen LogP contribution < -0.4 is 5.84 Å². The van der Waals surface area contributed by atoms with E-state index < -0.39 is 18.1 Å². The fourth-order valence-corrected chi connectivity index (χ4v) is 1.24. The van der Waals surface area contributed by atoms with Crippen LogP contribution in [0.25, 0.3) is 0 Å². The Morgan fingerprint density at radius 3 is 2.50 bits per heavy atom. The van der Waals surface area contributed by atoms with Crippen molar-refractivity contribution in [3.8, 4) is 0 Å². The molecule has 0 aliphatic rings. The van der Waals surface area contributed by atoms with Crippen LogP contribution in [0.2, 0.25) is 0 Å². The van der Waals surface area contributed by atoms with E-state index in [1.165, 1.54) is 14.0 Å². The number of esters is 1. The molecule has 0 heterocycles. The summed E-state index contributed by atoms with van der Waals surface area (Å²) in [5, 5.41) is 0.703. The summed E-state index contributed by atoms with van der Waals surface area (Å²) in [6.07, 6.45) is -0.781. The van der Waals surface area contributed by atoms with Gasteiger partial charge in [0.05, 0.1) is 7.11 Å². The maximum atomic E-state index is 11.5. The van der Waals surface area contributed by atoms with E-state index in [2.05, 4.69) is 4.74 Å². The van der Waals surface area contributed by atoms with Gasteiger partial charge in [-0.3, -0.25) is 0 Å². The summed E-state index contributed by atoms with van der Waals surface area (Å²) in [5.41, 5.74) is 0.838. The number of rotatable bonds is 4. The molecule has 0 radical (unpaired) electrons. The van der Waals surface area contributed by atoms with Gasteiger partial charge < -0.3 is 9.47 Å². The first-order valence-electron chi connectivity index (χ1n) is 5.38. The number of hydrazine groups is 1. The summed E-state index contributed by atoms with van der Waals surface area (Å²) in [5.74, 6) is 4.86. The molecule has 0 unspecified atom stereocenters. The molecule has 1 aromatic rings. The standard InChI is InChI=1S/C12H16N2O4/c1-9(11(15)17-2)14(13)12(16)18-8-10-6-4-3-5-7-10/h3-7,9H,8,13H2,1-2H3/t9-/m1/s1. The monoisotopic (exact) mass is 252 g/mol. The summed E-state index contributed by atoms with van der Waals surface area (Å²) < 4.78 is 9.44. The number of benzene rings is 1. The van der Waals surface area contributed by atoms with Gasteiger partial charge >= 0.3 is 12.1 Å². The minimum atomic E-state index is -0.890. The van der Waals surface area contributed by atoms with Crippen LogP contribution in [0.1, 0.15) is 12.5 Å². The Labute approximate surface area is 105 Å². The first-order valence-corrected chi connectivity index (χ1v) is 5.38. The summed E-state index contributed by atoms with van der Waals surface area (Å²) in [6, 6.07) is 8.27. The van der Waals surface area contributed by atoms with Gasteiger partial charge in [-0.1, -0.05) is 30.3 Å². The quantitative estimate of drug-likeness (QED) is 0.375. The molecule has 2 N–H and O–H groups in total. The summed E-state index contributed by atoms with van der Waals surface area (Å²) in [4.78, 5) is 22.7. The Morgan fingerprint density at radius 2 is 1.94 bits per heavy atom. The molecule has 0 aliphatic heterocycles. The van der Waals surface area contributed by atoms with Crippen molar-refractivity contribution in [2.45, 2.75) is 19.6 Å². The SMILES string of the molecule is COC(=O)[C@@H](C)N(N)C(=O)OCc1ccccc1. The van der Waals surface area contributed by atoms with Crippen molar-refractivity contribution in [1.82, 2.24) is 5.01 Å². The molecule has 0 saturated carbocycles. The van der Waals surface area contributed by atoms with Crippen molar-refractivity contribution in [3.63, 3.8) is 0 Å². The van der Waals surface area contributed by atoms with Crippen LogP contribution in [-0.4, -0.2) is 30.2 Å². The predicted molar refractivity (Wildman–Crippen MR) is 64.1 cm³/mol. The van der Waals surface area contributed by atoms with Crippen molar-refractivity contribution < 1.29 is 19.1 Å². The molecule has 18 heavy (non-hydrogen) atoms. The van der Waals surface area contributed by atoms with E-state index in [4.69, 9.17) is 10.6 Å². The van der Waals surface area contributed by atoms with E-state index in [1.807, 2.05) is 30.3 Å². The van der Waals surface area contributed by atoms with Crippen LogP contribution in [-0.2, 0) is 20.9 Å². The highest BCUT2D eigenvalue weighted by Crippen LogP contribution is 2.04. The number of nitrogens with two attached hydrogens (primary N) is 1. The fourth-order valence-electron chi connectivity index (χ4n) is 1.24. The molecule has 1 atom stereocenters. The molecule has 0 aromatic heterocycles. The van der Waals surface area contributed by atoms with Crippen molar-refractivity contribution in [3.05, 3.63) is 35.9 Å². The van der Waals surface area contributed by atoms with Crippen molar-refractivity contribution in [2.75, 3.05) is 7.11 Å². The van der Waals surface area contributed by atoms with E-state index >= 15 is 0 Å². The van der Waals surface area contributed by atoms with Gasteiger partial charge in [0.2, 0.25) is 0 Å². The molecule has 0 fully saturated rings. The maximum absolute atomic E-state index is 11.5.